The largest absolute Gasteiger partial charge is 0.357 e. The molecule has 1 aromatic heterocycles. The molecule has 0 saturated heterocycles. The van der Waals surface area contributed by atoms with E-state index in [0.717, 1.165) is 19.6 Å². The van der Waals surface area contributed by atoms with Crippen molar-refractivity contribution in [3.63, 3.8) is 0 Å². The maximum Gasteiger partial charge on any atom is 0.123 e. The number of halogens is 1. The molecule has 2 nitrogen and oxygen atoms in total. The SMILES string of the molecule is Fc1ccc(C2CN(Cc3ccccc3)Cc3[nH]c4ccccc4c32)cc1. The van der Waals surface area contributed by atoms with Crippen LogP contribution in [0.3, 0.4) is 0 Å². The lowest BCUT2D eigenvalue weighted by Crippen LogP contribution is -2.33. The number of benzene rings is 3. The summed E-state index contributed by atoms with van der Waals surface area (Å²) in [5, 5.41) is 1.28. The minimum atomic E-state index is -0.185. The van der Waals surface area contributed by atoms with Gasteiger partial charge < -0.3 is 4.98 Å². The van der Waals surface area contributed by atoms with E-state index in [1.165, 1.54) is 33.3 Å². The summed E-state index contributed by atoms with van der Waals surface area (Å²) in [6.45, 7) is 2.74. The van der Waals surface area contributed by atoms with Gasteiger partial charge in [-0.15, -0.1) is 0 Å². The van der Waals surface area contributed by atoms with E-state index in [-0.39, 0.29) is 11.7 Å². The first-order chi connectivity index (χ1) is 13.3. The van der Waals surface area contributed by atoms with Crippen molar-refractivity contribution in [2.45, 2.75) is 19.0 Å². The maximum absolute atomic E-state index is 13.5. The van der Waals surface area contributed by atoms with Crippen molar-refractivity contribution in [2.24, 2.45) is 0 Å². The van der Waals surface area contributed by atoms with Gasteiger partial charge in [-0.2, -0.15) is 0 Å². The number of aromatic nitrogens is 1. The van der Waals surface area contributed by atoms with Crippen LogP contribution >= 0.6 is 0 Å². The van der Waals surface area contributed by atoms with Crippen molar-refractivity contribution in [2.75, 3.05) is 6.54 Å². The van der Waals surface area contributed by atoms with E-state index in [1.54, 1.807) is 12.1 Å². The van der Waals surface area contributed by atoms with Gasteiger partial charge in [0.2, 0.25) is 0 Å². The monoisotopic (exact) mass is 356 g/mol. The smallest absolute Gasteiger partial charge is 0.123 e. The van der Waals surface area contributed by atoms with Gasteiger partial charge in [-0.3, -0.25) is 4.90 Å². The van der Waals surface area contributed by atoms with Crippen LogP contribution in [0, 0.1) is 5.82 Å². The summed E-state index contributed by atoms with van der Waals surface area (Å²) in [7, 11) is 0. The average Bonchev–Trinajstić information content (AvgIpc) is 3.07. The minimum absolute atomic E-state index is 0.185. The average molecular weight is 356 g/mol. The van der Waals surface area contributed by atoms with E-state index in [1.807, 2.05) is 12.1 Å². The Kier molecular flexibility index (Phi) is 4.02. The van der Waals surface area contributed by atoms with Crippen LogP contribution in [0.2, 0.25) is 0 Å². The molecule has 0 bridgehead atoms. The Morgan fingerprint density at radius 2 is 1.63 bits per heavy atom. The Labute approximate surface area is 158 Å². The molecule has 27 heavy (non-hydrogen) atoms. The number of para-hydroxylation sites is 1. The zero-order valence-electron chi connectivity index (χ0n) is 15.0. The zero-order valence-corrected chi connectivity index (χ0v) is 15.0. The lowest BCUT2D eigenvalue weighted by molar-refractivity contribution is 0.230. The van der Waals surface area contributed by atoms with E-state index >= 15 is 0 Å². The summed E-state index contributed by atoms with van der Waals surface area (Å²) in [4.78, 5) is 6.10. The maximum atomic E-state index is 13.5. The van der Waals surface area contributed by atoms with Crippen LogP contribution in [0.4, 0.5) is 4.39 Å². The normalized spacial score (nSPS) is 17.1. The Bertz CT molecular complexity index is 1070. The summed E-state index contributed by atoms with van der Waals surface area (Å²) < 4.78 is 13.5. The predicted octanol–water partition coefficient (Wildman–Crippen LogP) is 5.45. The van der Waals surface area contributed by atoms with Crippen molar-refractivity contribution < 1.29 is 4.39 Å². The molecule has 5 rings (SSSR count). The first-order valence-corrected chi connectivity index (χ1v) is 9.39. The quantitative estimate of drug-likeness (QED) is 0.517. The molecule has 4 aromatic rings. The van der Waals surface area contributed by atoms with E-state index < -0.39 is 0 Å². The Balaban J connectivity index is 1.58. The third kappa shape index (κ3) is 3.04. The number of rotatable bonds is 3. The Hall–Kier alpha value is -2.91. The van der Waals surface area contributed by atoms with Crippen LogP contribution in [-0.4, -0.2) is 16.4 Å². The summed E-state index contributed by atoms with van der Waals surface area (Å²) in [6.07, 6.45) is 0. The van der Waals surface area contributed by atoms with Crippen molar-refractivity contribution in [3.05, 3.63) is 107 Å². The van der Waals surface area contributed by atoms with E-state index in [2.05, 4.69) is 64.5 Å². The van der Waals surface area contributed by atoms with E-state index in [4.69, 9.17) is 0 Å². The van der Waals surface area contributed by atoms with Crippen LogP contribution in [0.15, 0.2) is 78.9 Å². The molecule has 0 radical (unpaired) electrons. The third-order valence-corrected chi connectivity index (χ3v) is 5.52. The van der Waals surface area contributed by atoms with Crippen LogP contribution in [-0.2, 0) is 13.1 Å². The van der Waals surface area contributed by atoms with Crippen molar-refractivity contribution >= 4 is 10.9 Å². The summed E-state index contributed by atoms with van der Waals surface area (Å²) in [6, 6.07) is 26.1. The van der Waals surface area contributed by atoms with Gasteiger partial charge in [0.15, 0.2) is 0 Å². The van der Waals surface area contributed by atoms with Crippen molar-refractivity contribution in [1.29, 1.82) is 0 Å². The first-order valence-electron chi connectivity index (χ1n) is 9.39. The molecule has 0 spiro atoms. The molecule has 134 valence electrons. The standard InChI is InChI=1S/C24H21FN2/c25-19-12-10-18(11-13-19)21-15-27(14-17-6-2-1-3-7-17)16-23-24(21)20-8-4-5-9-22(20)26-23/h1-13,21,26H,14-16H2. The summed E-state index contributed by atoms with van der Waals surface area (Å²) in [5.74, 6) is 0.0454. The molecule has 1 aliphatic heterocycles. The molecule has 3 aromatic carbocycles. The molecular weight excluding hydrogens is 335 g/mol. The lowest BCUT2D eigenvalue weighted by atomic mass is 9.86. The number of hydrogen-bond acceptors (Lipinski definition) is 1. The fourth-order valence-electron chi connectivity index (χ4n) is 4.31. The molecule has 2 heterocycles. The van der Waals surface area contributed by atoms with Gasteiger partial charge in [0.1, 0.15) is 5.82 Å². The number of hydrogen-bond donors (Lipinski definition) is 1. The van der Waals surface area contributed by atoms with Gasteiger partial charge >= 0.3 is 0 Å². The minimum Gasteiger partial charge on any atom is -0.357 e. The number of nitrogens with one attached hydrogen (secondary N) is 1. The topological polar surface area (TPSA) is 19.0 Å². The van der Waals surface area contributed by atoms with Gasteiger partial charge in [0.05, 0.1) is 0 Å². The second-order valence-electron chi connectivity index (χ2n) is 7.32. The predicted molar refractivity (Wildman–Crippen MR) is 107 cm³/mol. The van der Waals surface area contributed by atoms with E-state index in [0.29, 0.717) is 0 Å². The van der Waals surface area contributed by atoms with Gasteiger partial charge in [-0.25, -0.2) is 4.39 Å². The highest BCUT2D eigenvalue weighted by molar-refractivity contribution is 5.86. The number of nitrogens with zero attached hydrogens (tertiary/aromatic N) is 1. The van der Waals surface area contributed by atoms with Crippen LogP contribution in [0.1, 0.15) is 28.3 Å². The first kappa shape index (κ1) is 16.3. The van der Waals surface area contributed by atoms with Crippen molar-refractivity contribution in [3.8, 4) is 0 Å². The van der Waals surface area contributed by atoms with Crippen LogP contribution < -0.4 is 0 Å². The highest BCUT2D eigenvalue weighted by atomic mass is 19.1. The molecular formula is C24H21FN2. The molecule has 1 unspecified atom stereocenters. The summed E-state index contributed by atoms with van der Waals surface area (Å²) in [5.41, 5.74) is 6.29. The highest BCUT2D eigenvalue weighted by Crippen LogP contribution is 2.38. The number of H-pyrrole nitrogens is 1. The van der Waals surface area contributed by atoms with Crippen LogP contribution in [0.25, 0.3) is 10.9 Å². The second-order valence-corrected chi connectivity index (χ2v) is 7.32. The van der Waals surface area contributed by atoms with E-state index in [9.17, 15) is 4.39 Å². The Morgan fingerprint density at radius 3 is 2.44 bits per heavy atom. The molecule has 0 fully saturated rings. The fourth-order valence-corrected chi connectivity index (χ4v) is 4.31. The summed E-state index contributed by atoms with van der Waals surface area (Å²) >= 11 is 0. The molecule has 0 saturated carbocycles. The fraction of sp³-hybridized carbons (Fsp3) is 0.167. The molecule has 3 heteroatoms. The number of aromatic amines is 1. The number of fused-ring (bicyclic) bond motifs is 3. The Morgan fingerprint density at radius 1 is 0.889 bits per heavy atom. The van der Waals surface area contributed by atoms with Crippen molar-refractivity contribution in [1.82, 2.24) is 9.88 Å². The molecule has 0 amide bonds. The lowest BCUT2D eigenvalue weighted by Gasteiger charge is -2.33. The second kappa shape index (κ2) is 6.67. The van der Waals surface area contributed by atoms with Gasteiger partial charge in [-0.05, 0) is 34.9 Å². The van der Waals surface area contributed by atoms with Gasteiger partial charge in [-0.1, -0.05) is 60.7 Å². The molecule has 1 aliphatic rings. The molecule has 1 atom stereocenters. The zero-order chi connectivity index (χ0) is 18.2. The van der Waals surface area contributed by atoms with Crippen LogP contribution in [0.5, 0.6) is 0 Å². The van der Waals surface area contributed by atoms with Gasteiger partial charge in [0.25, 0.3) is 0 Å². The molecule has 0 aliphatic carbocycles. The highest BCUT2D eigenvalue weighted by Gasteiger charge is 2.30. The molecule has 1 N–H and O–H groups in total. The third-order valence-electron chi connectivity index (χ3n) is 5.52. The van der Waals surface area contributed by atoms with Gasteiger partial charge in [0, 0.05) is 42.1 Å².